The van der Waals surface area contributed by atoms with Gasteiger partial charge in [-0.25, -0.2) is 13.4 Å². The molecule has 110 valence electrons. The summed E-state index contributed by atoms with van der Waals surface area (Å²) in [7, 11) is -3.13. The molecule has 1 fully saturated rings. The van der Waals surface area contributed by atoms with Crippen LogP contribution in [0.3, 0.4) is 0 Å². The van der Waals surface area contributed by atoms with Crippen LogP contribution in [0.15, 0.2) is 18.3 Å². The summed E-state index contributed by atoms with van der Waals surface area (Å²) in [5, 5.41) is 8.69. The first-order valence-corrected chi connectivity index (χ1v) is 8.08. The molecule has 8 heteroatoms. The van der Waals surface area contributed by atoms with Crippen molar-refractivity contribution in [2.75, 3.05) is 37.3 Å². The van der Waals surface area contributed by atoms with Gasteiger partial charge in [-0.05, 0) is 11.6 Å². The van der Waals surface area contributed by atoms with Crippen molar-refractivity contribution in [3.8, 4) is 0 Å². The smallest absolute Gasteiger partial charge is 0.307 e. The lowest BCUT2D eigenvalue weighted by Crippen LogP contribution is -2.48. The van der Waals surface area contributed by atoms with Crippen LogP contribution in [0.5, 0.6) is 0 Å². The second kappa shape index (κ2) is 5.76. The highest BCUT2D eigenvalue weighted by Gasteiger charge is 2.23. The number of hydrogen-bond donors (Lipinski definition) is 1. The minimum Gasteiger partial charge on any atom is -0.481 e. The van der Waals surface area contributed by atoms with Crippen LogP contribution in [0, 0.1) is 0 Å². The van der Waals surface area contributed by atoms with Gasteiger partial charge in [-0.1, -0.05) is 6.07 Å². The molecule has 0 aromatic carbocycles. The molecule has 1 aliphatic rings. The molecule has 0 atom stereocenters. The first-order valence-electron chi connectivity index (χ1n) is 6.23. The number of carboxylic acid groups (broad SMARTS) is 1. The van der Waals surface area contributed by atoms with E-state index in [-0.39, 0.29) is 6.42 Å². The fourth-order valence-electron chi connectivity index (χ4n) is 2.13. The molecule has 1 aromatic heterocycles. The first kappa shape index (κ1) is 14.7. The summed E-state index contributed by atoms with van der Waals surface area (Å²) in [4.78, 5) is 16.8. The van der Waals surface area contributed by atoms with Gasteiger partial charge in [0.2, 0.25) is 10.0 Å². The van der Waals surface area contributed by atoms with E-state index in [2.05, 4.69) is 4.98 Å². The lowest BCUT2D eigenvalue weighted by atomic mass is 10.2. The summed E-state index contributed by atoms with van der Waals surface area (Å²) >= 11 is 0. The number of pyridine rings is 1. The van der Waals surface area contributed by atoms with E-state index in [1.54, 1.807) is 18.3 Å². The van der Waals surface area contributed by atoms with Gasteiger partial charge in [0.25, 0.3) is 0 Å². The van der Waals surface area contributed by atoms with Crippen LogP contribution in [0.2, 0.25) is 0 Å². The molecule has 0 saturated carbocycles. The Morgan fingerprint density at radius 2 is 1.95 bits per heavy atom. The average Bonchev–Trinajstić information content (AvgIpc) is 2.38. The molecule has 0 aliphatic carbocycles. The maximum atomic E-state index is 11.4. The predicted octanol–water partition coefficient (Wildman–Crippen LogP) is -0.210. The summed E-state index contributed by atoms with van der Waals surface area (Å²) in [6.07, 6.45) is 2.71. The van der Waals surface area contributed by atoms with Crippen molar-refractivity contribution in [2.45, 2.75) is 6.42 Å². The van der Waals surface area contributed by atoms with Crippen LogP contribution >= 0.6 is 0 Å². The van der Waals surface area contributed by atoms with Crippen molar-refractivity contribution in [1.82, 2.24) is 9.29 Å². The number of hydrogen-bond acceptors (Lipinski definition) is 5. The van der Waals surface area contributed by atoms with Crippen molar-refractivity contribution >= 4 is 21.8 Å². The van der Waals surface area contributed by atoms with E-state index in [9.17, 15) is 13.2 Å². The third-order valence-electron chi connectivity index (χ3n) is 3.20. The van der Waals surface area contributed by atoms with Gasteiger partial charge in [-0.2, -0.15) is 4.31 Å². The second-order valence-corrected chi connectivity index (χ2v) is 6.73. The maximum Gasteiger partial charge on any atom is 0.307 e. The number of carboxylic acids is 1. The number of sulfonamides is 1. The SMILES string of the molecule is CS(=O)(=O)N1CCN(c2ccc(CC(=O)O)cn2)CC1. The van der Waals surface area contributed by atoms with Crippen molar-refractivity contribution in [1.29, 1.82) is 0 Å². The lowest BCUT2D eigenvalue weighted by Gasteiger charge is -2.33. The standard InChI is InChI=1S/C12H17N3O4S/c1-20(18,19)15-6-4-14(5-7-15)11-3-2-10(9-13-11)8-12(16)17/h2-3,9H,4-8H2,1H3,(H,16,17). The molecule has 1 aromatic rings. The zero-order chi connectivity index (χ0) is 14.8. The topological polar surface area (TPSA) is 90.8 Å². The Morgan fingerprint density at radius 1 is 1.30 bits per heavy atom. The van der Waals surface area contributed by atoms with E-state index in [1.807, 2.05) is 4.90 Å². The normalized spacial score (nSPS) is 17.1. The van der Waals surface area contributed by atoms with Gasteiger partial charge in [0.05, 0.1) is 12.7 Å². The lowest BCUT2D eigenvalue weighted by molar-refractivity contribution is -0.136. The van der Waals surface area contributed by atoms with E-state index < -0.39 is 16.0 Å². The first-order chi connectivity index (χ1) is 9.36. The third-order valence-corrected chi connectivity index (χ3v) is 4.50. The molecule has 0 unspecified atom stereocenters. The molecule has 1 saturated heterocycles. The number of nitrogens with zero attached hydrogens (tertiary/aromatic N) is 3. The van der Waals surface area contributed by atoms with Gasteiger partial charge in [-0.3, -0.25) is 4.79 Å². The second-order valence-electron chi connectivity index (χ2n) is 4.74. The van der Waals surface area contributed by atoms with Gasteiger partial charge in [0.1, 0.15) is 5.82 Å². The number of piperazine rings is 1. The van der Waals surface area contributed by atoms with Crippen molar-refractivity contribution in [2.24, 2.45) is 0 Å². The number of rotatable bonds is 4. The summed E-state index contributed by atoms with van der Waals surface area (Å²) in [5.41, 5.74) is 0.649. The fraction of sp³-hybridized carbons (Fsp3) is 0.500. The van der Waals surface area contributed by atoms with E-state index in [1.165, 1.54) is 10.6 Å². The van der Waals surface area contributed by atoms with Gasteiger partial charge in [0.15, 0.2) is 0 Å². The molecular formula is C12H17N3O4S. The predicted molar refractivity (Wildman–Crippen MR) is 74.2 cm³/mol. The highest BCUT2D eigenvalue weighted by molar-refractivity contribution is 7.88. The van der Waals surface area contributed by atoms with Crippen molar-refractivity contribution < 1.29 is 18.3 Å². The molecule has 1 aliphatic heterocycles. The van der Waals surface area contributed by atoms with Crippen molar-refractivity contribution in [3.63, 3.8) is 0 Å². The van der Waals surface area contributed by atoms with E-state index in [0.29, 0.717) is 31.7 Å². The number of anilines is 1. The van der Waals surface area contributed by atoms with Crippen LogP contribution in [-0.4, -0.2) is 61.2 Å². The molecule has 0 amide bonds. The van der Waals surface area contributed by atoms with Crippen LogP contribution in [0.1, 0.15) is 5.56 Å². The van der Waals surface area contributed by atoms with Gasteiger partial charge in [0, 0.05) is 32.4 Å². The largest absolute Gasteiger partial charge is 0.481 e. The summed E-state index contributed by atoms with van der Waals surface area (Å²) in [6.45, 7) is 2.05. The van der Waals surface area contributed by atoms with Crippen molar-refractivity contribution in [3.05, 3.63) is 23.9 Å². The molecule has 20 heavy (non-hydrogen) atoms. The third kappa shape index (κ3) is 3.67. The average molecular weight is 299 g/mol. The molecule has 0 spiro atoms. The Balaban J connectivity index is 1.99. The summed E-state index contributed by atoms with van der Waals surface area (Å²) in [6, 6.07) is 3.51. The van der Waals surface area contributed by atoms with Crippen LogP contribution < -0.4 is 4.90 Å². The molecular weight excluding hydrogens is 282 g/mol. The number of aromatic nitrogens is 1. The Bertz CT molecular complexity index is 577. The molecule has 7 nitrogen and oxygen atoms in total. The Morgan fingerprint density at radius 3 is 2.40 bits per heavy atom. The van der Waals surface area contributed by atoms with E-state index >= 15 is 0 Å². The summed E-state index contributed by atoms with van der Waals surface area (Å²) in [5.74, 6) is -0.145. The van der Waals surface area contributed by atoms with Gasteiger partial charge in [-0.15, -0.1) is 0 Å². The zero-order valence-electron chi connectivity index (χ0n) is 11.2. The number of carbonyl (C=O) groups is 1. The highest BCUT2D eigenvalue weighted by Crippen LogP contribution is 2.15. The number of aliphatic carboxylic acids is 1. The van der Waals surface area contributed by atoms with Gasteiger partial charge >= 0.3 is 5.97 Å². The Labute approximate surface area is 117 Å². The molecule has 0 bridgehead atoms. The monoisotopic (exact) mass is 299 g/mol. The summed E-state index contributed by atoms with van der Waals surface area (Å²) < 4.78 is 24.3. The van der Waals surface area contributed by atoms with Crippen LogP contribution in [-0.2, 0) is 21.2 Å². The Hall–Kier alpha value is -1.67. The minimum absolute atomic E-state index is 0.0465. The molecule has 1 N–H and O–H groups in total. The fourth-order valence-corrected chi connectivity index (χ4v) is 2.96. The molecule has 2 heterocycles. The molecule has 0 radical (unpaired) electrons. The van der Waals surface area contributed by atoms with Crippen LogP contribution in [0.4, 0.5) is 5.82 Å². The van der Waals surface area contributed by atoms with Gasteiger partial charge < -0.3 is 10.0 Å². The zero-order valence-corrected chi connectivity index (χ0v) is 12.0. The van der Waals surface area contributed by atoms with Crippen LogP contribution in [0.25, 0.3) is 0 Å². The minimum atomic E-state index is -3.13. The Kier molecular flexibility index (Phi) is 4.24. The molecule has 2 rings (SSSR count). The van der Waals surface area contributed by atoms with E-state index in [4.69, 9.17) is 5.11 Å². The quantitative estimate of drug-likeness (QED) is 0.827. The van der Waals surface area contributed by atoms with E-state index in [0.717, 1.165) is 5.82 Å². The highest BCUT2D eigenvalue weighted by atomic mass is 32.2. The maximum absolute atomic E-state index is 11.4.